The molecule has 6 nitrogen and oxygen atoms in total. The highest BCUT2D eigenvalue weighted by atomic mass is 16.5. The third kappa shape index (κ3) is 4.57. The fourth-order valence-electron chi connectivity index (χ4n) is 3.87. The van der Waals surface area contributed by atoms with E-state index < -0.39 is 0 Å². The Morgan fingerprint density at radius 1 is 1.00 bits per heavy atom. The molecule has 0 bridgehead atoms. The van der Waals surface area contributed by atoms with Gasteiger partial charge in [0.15, 0.2) is 0 Å². The van der Waals surface area contributed by atoms with Gasteiger partial charge in [-0.25, -0.2) is 4.68 Å². The highest BCUT2D eigenvalue weighted by molar-refractivity contribution is 5.39. The molecule has 0 amide bonds. The van der Waals surface area contributed by atoms with Crippen molar-refractivity contribution < 1.29 is 4.74 Å². The minimum atomic E-state index is -0.0148. The predicted octanol–water partition coefficient (Wildman–Crippen LogP) is 1.35. The lowest BCUT2D eigenvalue weighted by Crippen LogP contribution is -2.48. The Morgan fingerprint density at radius 2 is 1.78 bits per heavy atom. The van der Waals surface area contributed by atoms with E-state index in [9.17, 15) is 4.79 Å². The number of rotatable bonds is 6. The second-order valence-corrected chi connectivity index (χ2v) is 7.51. The number of hydrogen-bond donors (Lipinski definition) is 0. The van der Waals surface area contributed by atoms with Crippen LogP contribution in [0.25, 0.3) is 0 Å². The molecule has 1 saturated heterocycles. The third-order valence-corrected chi connectivity index (χ3v) is 5.56. The average molecular weight is 368 g/mol. The Kier molecular flexibility index (Phi) is 5.55. The van der Waals surface area contributed by atoms with Crippen LogP contribution in [0.5, 0.6) is 5.75 Å². The van der Waals surface area contributed by atoms with Crippen molar-refractivity contribution >= 4 is 0 Å². The topological polar surface area (TPSA) is 50.6 Å². The maximum absolute atomic E-state index is 11.9. The summed E-state index contributed by atoms with van der Waals surface area (Å²) < 4.78 is 7.17. The first-order chi connectivity index (χ1) is 13.2. The molecule has 1 fully saturated rings. The molecule has 0 saturated carbocycles. The van der Waals surface area contributed by atoms with Crippen LogP contribution in [0.3, 0.4) is 0 Å². The van der Waals surface area contributed by atoms with Gasteiger partial charge in [0.25, 0.3) is 5.56 Å². The van der Waals surface area contributed by atoms with Crippen LogP contribution >= 0.6 is 0 Å². The number of ether oxygens (including phenoxy) is 1. The molecule has 0 N–H and O–H groups in total. The molecule has 6 heteroatoms. The van der Waals surface area contributed by atoms with Gasteiger partial charge in [-0.15, -0.1) is 0 Å². The zero-order chi connectivity index (χ0) is 18.6. The summed E-state index contributed by atoms with van der Waals surface area (Å²) in [5, 5.41) is 4.32. The molecule has 27 heavy (non-hydrogen) atoms. The van der Waals surface area contributed by atoms with Gasteiger partial charge < -0.3 is 9.64 Å². The SMILES string of the molecule is Cc1ccc(=O)n(CCN2CCN(CCc3ccc4c(c3)CCO4)CC2)n1. The van der Waals surface area contributed by atoms with Crippen LogP contribution in [-0.4, -0.2) is 65.5 Å². The molecule has 3 heterocycles. The summed E-state index contributed by atoms with van der Waals surface area (Å²) in [7, 11) is 0. The molecule has 1 aromatic heterocycles. The molecular formula is C21H28N4O2. The molecule has 1 aromatic carbocycles. The fraction of sp³-hybridized carbons (Fsp3) is 0.524. The first kappa shape index (κ1) is 18.2. The van der Waals surface area contributed by atoms with Gasteiger partial charge >= 0.3 is 0 Å². The van der Waals surface area contributed by atoms with E-state index in [1.165, 1.54) is 11.1 Å². The normalized spacial score (nSPS) is 17.7. The summed E-state index contributed by atoms with van der Waals surface area (Å²) in [6.07, 6.45) is 2.14. The van der Waals surface area contributed by atoms with E-state index >= 15 is 0 Å². The van der Waals surface area contributed by atoms with Crippen molar-refractivity contribution in [2.24, 2.45) is 0 Å². The lowest BCUT2D eigenvalue weighted by Gasteiger charge is -2.34. The maximum atomic E-state index is 11.9. The smallest absolute Gasteiger partial charge is 0.266 e. The van der Waals surface area contributed by atoms with E-state index in [1.54, 1.807) is 16.8 Å². The summed E-state index contributed by atoms with van der Waals surface area (Å²) >= 11 is 0. The zero-order valence-electron chi connectivity index (χ0n) is 16.1. The van der Waals surface area contributed by atoms with Crippen LogP contribution in [0.4, 0.5) is 0 Å². The van der Waals surface area contributed by atoms with Gasteiger partial charge in [0, 0.05) is 51.8 Å². The monoisotopic (exact) mass is 368 g/mol. The highest BCUT2D eigenvalue weighted by Gasteiger charge is 2.17. The lowest BCUT2D eigenvalue weighted by molar-refractivity contribution is 0.128. The predicted molar refractivity (Wildman–Crippen MR) is 105 cm³/mol. The van der Waals surface area contributed by atoms with Crippen LogP contribution in [0.1, 0.15) is 16.8 Å². The largest absolute Gasteiger partial charge is 0.493 e. The van der Waals surface area contributed by atoms with Gasteiger partial charge in [-0.1, -0.05) is 12.1 Å². The number of benzene rings is 1. The summed E-state index contributed by atoms with van der Waals surface area (Å²) in [5.74, 6) is 1.06. The quantitative estimate of drug-likeness (QED) is 0.770. The maximum Gasteiger partial charge on any atom is 0.266 e. The highest BCUT2D eigenvalue weighted by Crippen LogP contribution is 2.26. The first-order valence-electron chi connectivity index (χ1n) is 9.91. The van der Waals surface area contributed by atoms with Crippen LogP contribution < -0.4 is 10.3 Å². The van der Waals surface area contributed by atoms with Crippen molar-refractivity contribution in [2.45, 2.75) is 26.3 Å². The summed E-state index contributed by atoms with van der Waals surface area (Å²) in [5.41, 5.74) is 3.64. The van der Waals surface area contributed by atoms with Gasteiger partial charge in [-0.2, -0.15) is 5.10 Å². The van der Waals surface area contributed by atoms with Crippen LogP contribution in [0.2, 0.25) is 0 Å². The molecular weight excluding hydrogens is 340 g/mol. The van der Waals surface area contributed by atoms with E-state index in [0.29, 0.717) is 6.54 Å². The van der Waals surface area contributed by atoms with Crippen molar-refractivity contribution in [3.05, 3.63) is 57.5 Å². The van der Waals surface area contributed by atoms with Gasteiger partial charge in [0.05, 0.1) is 18.8 Å². The Morgan fingerprint density at radius 3 is 2.59 bits per heavy atom. The van der Waals surface area contributed by atoms with Gasteiger partial charge in [-0.05, 0) is 36.6 Å². The molecule has 0 unspecified atom stereocenters. The molecule has 0 spiro atoms. The van der Waals surface area contributed by atoms with Crippen molar-refractivity contribution in [2.75, 3.05) is 45.9 Å². The van der Waals surface area contributed by atoms with E-state index in [1.807, 2.05) is 6.92 Å². The summed E-state index contributed by atoms with van der Waals surface area (Å²) in [6, 6.07) is 10.0. The second-order valence-electron chi connectivity index (χ2n) is 7.51. The van der Waals surface area contributed by atoms with Crippen LogP contribution in [0.15, 0.2) is 35.1 Å². The number of nitrogens with zero attached hydrogens (tertiary/aromatic N) is 4. The van der Waals surface area contributed by atoms with Crippen molar-refractivity contribution in [1.82, 2.24) is 19.6 Å². The number of fused-ring (bicyclic) bond motifs is 1. The Balaban J connectivity index is 1.21. The average Bonchev–Trinajstić information content (AvgIpc) is 3.16. The Bertz CT molecular complexity index is 840. The standard InChI is InChI=1S/C21H28N4O2/c1-17-2-5-21(26)25(22-17)14-13-24-11-9-23(10-12-24)8-6-18-3-4-20-19(16-18)7-15-27-20/h2-5,16H,6-15H2,1H3. The van der Waals surface area contributed by atoms with Crippen molar-refractivity contribution in [3.63, 3.8) is 0 Å². The minimum Gasteiger partial charge on any atom is -0.493 e. The zero-order valence-corrected chi connectivity index (χ0v) is 16.1. The summed E-state index contributed by atoms with van der Waals surface area (Å²) in [4.78, 5) is 16.8. The van der Waals surface area contributed by atoms with E-state index in [2.05, 4.69) is 33.1 Å². The number of aromatic nitrogens is 2. The van der Waals surface area contributed by atoms with Crippen molar-refractivity contribution in [3.8, 4) is 5.75 Å². The molecule has 144 valence electrons. The van der Waals surface area contributed by atoms with E-state index in [4.69, 9.17) is 4.74 Å². The molecule has 2 aromatic rings. The van der Waals surface area contributed by atoms with Gasteiger partial charge in [0.1, 0.15) is 5.75 Å². The Labute approximate surface area is 160 Å². The Hall–Kier alpha value is -2.18. The molecule has 0 radical (unpaired) electrons. The molecule has 0 aliphatic carbocycles. The van der Waals surface area contributed by atoms with E-state index in [-0.39, 0.29) is 5.56 Å². The molecule has 2 aliphatic heterocycles. The third-order valence-electron chi connectivity index (χ3n) is 5.56. The summed E-state index contributed by atoms with van der Waals surface area (Å²) in [6.45, 7) is 9.68. The molecule has 4 rings (SSSR count). The van der Waals surface area contributed by atoms with Crippen LogP contribution in [0, 0.1) is 6.92 Å². The van der Waals surface area contributed by atoms with Crippen molar-refractivity contribution in [1.29, 1.82) is 0 Å². The molecule has 2 aliphatic rings. The lowest BCUT2D eigenvalue weighted by atomic mass is 10.1. The fourth-order valence-corrected chi connectivity index (χ4v) is 3.87. The number of aryl methyl sites for hydroxylation is 1. The molecule has 0 atom stereocenters. The minimum absolute atomic E-state index is 0.0148. The van der Waals surface area contributed by atoms with Gasteiger partial charge in [-0.3, -0.25) is 9.69 Å². The number of piperazine rings is 1. The van der Waals surface area contributed by atoms with Crippen LogP contribution in [-0.2, 0) is 19.4 Å². The second kappa shape index (κ2) is 8.23. The number of hydrogen-bond acceptors (Lipinski definition) is 5. The van der Waals surface area contributed by atoms with Gasteiger partial charge in [0.2, 0.25) is 0 Å². The first-order valence-corrected chi connectivity index (χ1v) is 9.91. The van der Waals surface area contributed by atoms with E-state index in [0.717, 1.165) is 70.2 Å².